The first kappa shape index (κ1) is 9.79. The average Bonchev–Trinajstić information content (AvgIpc) is 2.14. The summed E-state index contributed by atoms with van der Waals surface area (Å²) in [4.78, 5) is 0. The number of nitrogens with one attached hydrogen (secondary N) is 1. The fourth-order valence-corrected chi connectivity index (χ4v) is 1.64. The molecule has 0 amide bonds. The van der Waals surface area contributed by atoms with E-state index in [-0.39, 0.29) is 0 Å². The van der Waals surface area contributed by atoms with E-state index >= 15 is 0 Å². The van der Waals surface area contributed by atoms with E-state index in [9.17, 15) is 0 Å². The standard InChI is InChI=1S/C11H20N/c1-2-3-4-5-7-11-8-6-9-12-10-11/h6,8,11-12H,1-5,7,9-10H2. The van der Waals surface area contributed by atoms with E-state index in [1.54, 1.807) is 0 Å². The molecular weight excluding hydrogens is 146 g/mol. The highest BCUT2D eigenvalue weighted by Crippen LogP contribution is 2.13. The van der Waals surface area contributed by atoms with Crippen LogP contribution in [0, 0.1) is 12.8 Å². The Morgan fingerprint density at radius 3 is 2.92 bits per heavy atom. The highest BCUT2D eigenvalue weighted by atomic mass is 14.9. The zero-order chi connectivity index (χ0) is 8.65. The average molecular weight is 166 g/mol. The molecule has 0 fully saturated rings. The first-order valence-electron chi connectivity index (χ1n) is 5.10. The van der Waals surface area contributed by atoms with Gasteiger partial charge in [0.15, 0.2) is 0 Å². The van der Waals surface area contributed by atoms with Gasteiger partial charge in [0.25, 0.3) is 0 Å². The van der Waals surface area contributed by atoms with Crippen molar-refractivity contribution >= 4 is 0 Å². The molecule has 0 saturated carbocycles. The second-order valence-corrected chi connectivity index (χ2v) is 3.55. The summed E-state index contributed by atoms with van der Waals surface area (Å²) in [5.41, 5.74) is 0. The summed E-state index contributed by atoms with van der Waals surface area (Å²) in [7, 11) is 0. The molecule has 1 heterocycles. The van der Waals surface area contributed by atoms with Crippen LogP contribution in [0.3, 0.4) is 0 Å². The Morgan fingerprint density at radius 1 is 1.33 bits per heavy atom. The second-order valence-electron chi connectivity index (χ2n) is 3.55. The maximum Gasteiger partial charge on any atom is 0.0135 e. The summed E-state index contributed by atoms with van der Waals surface area (Å²) in [6.07, 6.45) is 11.1. The Kier molecular flexibility index (Phi) is 5.09. The van der Waals surface area contributed by atoms with Gasteiger partial charge >= 0.3 is 0 Å². The van der Waals surface area contributed by atoms with Gasteiger partial charge in [-0.25, -0.2) is 0 Å². The molecule has 69 valence electrons. The highest BCUT2D eigenvalue weighted by molar-refractivity contribution is 4.95. The molecule has 1 aliphatic heterocycles. The Hall–Kier alpha value is -0.300. The van der Waals surface area contributed by atoms with Crippen LogP contribution in [0.15, 0.2) is 12.2 Å². The van der Waals surface area contributed by atoms with E-state index < -0.39 is 0 Å². The Labute approximate surface area is 76.2 Å². The molecule has 0 aliphatic carbocycles. The largest absolute Gasteiger partial charge is 0.313 e. The smallest absolute Gasteiger partial charge is 0.0135 e. The Bertz CT molecular complexity index is 129. The van der Waals surface area contributed by atoms with Crippen molar-refractivity contribution in [3.63, 3.8) is 0 Å². The van der Waals surface area contributed by atoms with Crippen LogP contribution in [-0.4, -0.2) is 13.1 Å². The van der Waals surface area contributed by atoms with Gasteiger partial charge in [-0.05, 0) is 12.3 Å². The van der Waals surface area contributed by atoms with Crippen molar-refractivity contribution in [3.8, 4) is 0 Å². The molecule has 1 radical (unpaired) electrons. The van der Waals surface area contributed by atoms with E-state index in [0.29, 0.717) is 0 Å². The maximum absolute atomic E-state index is 3.84. The summed E-state index contributed by atoms with van der Waals surface area (Å²) < 4.78 is 0. The lowest BCUT2D eigenvalue weighted by molar-refractivity contribution is 0.490. The Morgan fingerprint density at radius 2 is 2.25 bits per heavy atom. The van der Waals surface area contributed by atoms with Gasteiger partial charge in [-0.15, -0.1) is 0 Å². The molecule has 1 aliphatic rings. The SMILES string of the molecule is [CH2]CCCCCC1C=CCNC1. The van der Waals surface area contributed by atoms with Crippen LogP contribution in [0.1, 0.15) is 32.1 Å². The van der Waals surface area contributed by atoms with E-state index in [4.69, 9.17) is 0 Å². The van der Waals surface area contributed by atoms with Gasteiger partial charge in [0.05, 0.1) is 0 Å². The second kappa shape index (κ2) is 6.24. The fraction of sp³-hybridized carbons (Fsp3) is 0.727. The van der Waals surface area contributed by atoms with E-state index in [2.05, 4.69) is 24.4 Å². The molecule has 0 saturated heterocycles. The van der Waals surface area contributed by atoms with Gasteiger partial charge in [-0.2, -0.15) is 0 Å². The van der Waals surface area contributed by atoms with Crippen molar-refractivity contribution in [2.45, 2.75) is 32.1 Å². The van der Waals surface area contributed by atoms with Crippen LogP contribution < -0.4 is 5.32 Å². The molecule has 1 heteroatoms. The van der Waals surface area contributed by atoms with Crippen molar-refractivity contribution in [2.75, 3.05) is 13.1 Å². The van der Waals surface area contributed by atoms with Crippen molar-refractivity contribution < 1.29 is 0 Å². The maximum atomic E-state index is 3.84. The summed E-state index contributed by atoms with van der Waals surface area (Å²) >= 11 is 0. The van der Waals surface area contributed by atoms with E-state index in [1.807, 2.05) is 0 Å². The molecule has 0 aromatic heterocycles. The molecule has 1 nitrogen and oxygen atoms in total. The summed E-state index contributed by atoms with van der Waals surface area (Å²) in [5.74, 6) is 0.795. The molecule has 1 rings (SSSR count). The monoisotopic (exact) mass is 166 g/mol. The van der Waals surface area contributed by atoms with Crippen LogP contribution in [0.5, 0.6) is 0 Å². The first-order valence-corrected chi connectivity index (χ1v) is 5.10. The van der Waals surface area contributed by atoms with Gasteiger partial charge < -0.3 is 5.32 Å². The molecule has 1 N–H and O–H groups in total. The van der Waals surface area contributed by atoms with Crippen LogP contribution in [0.4, 0.5) is 0 Å². The molecule has 0 aromatic rings. The minimum Gasteiger partial charge on any atom is -0.313 e. The first-order chi connectivity index (χ1) is 5.93. The third-order valence-electron chi connectivity index (χ3n) is 2.40. The minimum absolute atomic E-state index is 0.795. The van der Waals surface area contributed by atoms with Crippen LogP contribution in [0.2, 0.25) is 0 Å². The number of unbranched alkanes of at least 4 members (excludes halogenated alkanes) is 3. The van der Waals surface area contributed by atoms with E-state index in [0.717, 1.165) is 18.9 Å². The molecule has 0 aromatic carbocycles. The van der Waals surface area contributed by atoms with Crippen LogP contribution in [0.25, 0.3) is 0 Å². The lowest BCUT2D eigenvalue weighted by atomic mass is 9.98. The molecule has 0 spiro atoms. The summed E-state index contributed by atoms with van der Waals surface area (Å²) in [6, 6.07) is 0. The lowest BCUT2D eigenvalue weighted by Gasteiger charge is -2.16. The quantitative estimate of drug-likeness (QED) is 0.489. The molecule has 1 atom stereocenters. The third kappa shape index (κ3) is 3.91. The van der Waals surface area contributed by atoms with Crippen molar-refractivity contribution in [1.82, 2.24) is 5.32 Å². The highest BCUT2D eigenvalue weighted by Gasteiger charge is 2.06. The van der Waals surface area contributed by atoms with Crippen molar-refractivity contribution in [1.29, 1.82) is 0 Å². The predicted molar refractivity (Wildman–Crippen MR) is 53.9 cm³/mol. The van der Waals surface area contributed by atoms with Crippen molar-refractivity contribution in [2.24, 2.45) is 5.92 Å². The van der Waals surface area contributed by atoms with Gasteiger partial charge in [0.2, 0.25) is 0 Å². The van der Waals surface area contributed by atoms with Gasteiger partial charge in [0, 0.05) is 13.1 Å². The lowest BCUT2D eigenvalue weighted by Crippen LogP contribution is -2.25. The summed E-state index contributed by atoms with van der Waals surface area (Å²) in [6.45, 7) is 6.09. The predicted octanol–water partition coefficient (Wildman–Crippen LogP) is 2.55. The molecule has 0 bridgehead atoms. The zero-order valence-electron chi connectivity index (χ0n) is 7.89. The molecular formula is C11H20N. The number of hydrogen-bond acceptors (Lipinski definition) is 1. The van der Waals surface area contributed by atoms with Crippen LogP contribution in [-0.2, 0) is 0 Å². The zero-order valence-corrected chi connectivity index (χ0v) is 7.89. The molecule has 1 unspecified atom stereocenters. The summed E-state index contributed by atoms with van der Waals surface area (Å²) in [5, 5.41) is 3.38. The normalized spacial score (nSPS) is 22.9. The van der Waals surface area contributed by atoms with E-state index in [1.165, 1.54) is 32.2 Å². The molecule has 12 heavy (non-hydrogen) atoms. The number of rotatable bonds is 5. The van der Waals surface area contributed by atoms with Gasteiger partial charge in [-0.1, -0.05) is 44.8 Å². The Balaban J connectivity index is 1.98. The fourth-order valence-electron chi connectivity index (χ4n) is 1.64. The van der Waals surface area contributed by atoms with Gasteiger partial charge in [-0.3, -0.25) is 0 Å². The van der Waals surface area contributed by atoms with Gasteiger partial charge in [0.1, 0.15) is 0 Å². The van der Waals surface area contributed by atoms with Crippen LogP contribution >= 0.6 is 0 Å². The minimum atomic E-state index is 0.795. The topological polar surface area (TPSA) is 12.0 Å². The van der Waals surface area contributed by atoms with Crippen molar-refractivity contribution in [3.05, 3.63) is 19.1 Å². The third-order valence-corrected chi connectivity index (χ3v) is 2.40. The number of hydrogen-bond donors (Lipinski definition) is 1.